The maximum Gasteiger partial charge on any atom is 0.224 e. The Balaban J connectivity index is 1.77. The van der Waals surface area contributed by atoms with E-state index in [9.17, 15) is 9.18 Å². The number of hydrogen-bond donors (Lipinski definition) is 1. The van der Waals surface area contributed by atoms with Crippen LogP contribution in [0.4, 0.5) is 4.39 Å². The van der Waals surface area contributed by atoms with E-state index in [2.05, 4.69) is 0 Å². The maximum atomic E-state index is 12.9. The molecule has 2 unspecified atom stereocenters. The van der Waals surface area contributed by atoms with E-state index in [-0.39, 0.29) is 12.1 Å². The first-order valence-electron chi connectivity index (χ1n) is 7.45. The van der Waals surface area contributed by atoms with E-state index in [0.717, 1.165) is 31.4 Å². The fourth-order valence-corrected chi connectivity index (χ4v) is 2.51. The maximum absolute atomic E-state index is 12.9. The van der Waals surface area contributed by atoms with Crippen LogP contribution in [0.15, 0.2) is 24.3 Å². The molecule has 1 saturated heterocycles. The molecule has 21 heavy (non-hydrogen) atoms. The lowest BCUT2D eigenvalue weighted by Crippen LogP contribution is -2.24. The Morgan fingerprint density at radius 1 is 1.38 bits per heavy atom. The van der Waals surface area contributed by atoms with Crippen LogP contribution in [-0.4, -0.2) is 25.4 Å². The summed E-state index contributed by atoms with van der Waals surface area (Å²) >= 11 is 0. The number of amides is 1. The van der Waals surface area contributed by atoms with Crippen LogP contribution in [0.5, 0.6) is 0 Å². The molecule has 2 atom stereocenters. The SMILES string of the molecule is NC(=O)C(CCCOC1CCCCO1)c1ccc(F)cc1. The smallest absolute Gasteiger partial charge is 0.224 e. The monoisotopic (exact) mass is 295 g/mol. The number of benzene rings is 1. The molecule has 0 aromatic heterocycles. The zero-order valence-electron chi connectivity index (χ0n) is 12.1. The molecule has 1 aromatic rings. The van der Waals surface area contributed by atoms with Crippen molar-refractivity contribution in [2.24, 2.45) is 5.73 Å². The second kappa shape index (κ2) is 8.10. The van der Waals surface area contributed by atoms with Crippen LogP contribution in [0.2, 0.25) is 0 Å². The summed E-state index contributed by atoms with van der Waals surface area (Å²) in [7, 11) is 0. The molecule has 2 N–H and O–H groups in total. The van der Waals surface area contributed by atoms with Gasteiger partial charge in [-0.15, -0.1) is 0 Å². The normalized spacial score (nSPS) is 20.1. The molecule has 2 rings (SSSR count). The number of ether oxygens (including phenoxy) is 2. The first-order valence-corrected chi connectivity index (χ1v) is 7.45. The first kappa shape index (κ1) is 15.9. The Bertz CT molecular complexity index is 443. The Labute approximate surface area is 124 Å². The van der Waals surface area contributed by atoms with Gasteiger partial charge in [0.15, 0.2) is 6.29 Å². The van der Waals surface area contributed by atoms with E-state index in [1.165, 1.54) is 12.1 Å². The lowest BCUT2D eigenvalue weighted by atomic mass is 9.94. The number of hydrogen-bond acceptors (Lipinski definition) is 3. The van der Waals surface area contributed by atoms with E-state index in [0.29, 0.717) is 19.4 Å². The van der Waals surface area contributed by atoms with Gasteiger partial charge in [0.1, 0.15) is 5.82 Å². The highest BCUT2D eigenvalue weighted by molar-refractivity contribution is 5.81. The Kier molecular flexibility index (Phi) is 6.14. The van der Waals surface area contributed by atoms with Gasteiger partial charge in [-0.2, -0.15) is 0 Å². The van der Waals surface area contributed by atoms with Gasteiger partial charge in [-0.1, -0.05) is 12.1 Å². The third kappa shape index (κ3) is 5.10. The van der Waals surface area contributed by atoms with Crippen molar-refractivity contribution in [3.05, 3.63) is 35.6 Å². The lowest BCUT2D eigenvalue weighted by Gasteiger charge is -2.23. The minimum absolute atomic E-state index is 0.114. The van der Waals surface area contributed by atoms with E-state index < -0.39 is 11.8 Å². The summed E-state index contributed by atoms with van der Waals surface area (Å²) in [6.45, 7) is 1.29. The summed E-state index contributed by atoms with van der Waals surface area (Å²) in [4.78, 5) is 11.5. The number of halogens is 1. The average molecular weight is 295 g/mol. The molecule has 1 aliphatic heterocycles. The molecule has 1 aliphatic rings. The molecular weight excluding hydrogens is 273 g/mol. The lowest BCUT2D eigenvalue weighted by molar-refractivity contribution is -0.162. The van der Waals surface area contributed by atoms with Crippen molar-refractivity contribution in [1.29, 1.82) is 0 Å². The summed E-state index contributed by atoms with van der Waals surface area (Å²) < 4.78 is 24.0. The predicted molar refractivity (Wildman–Crippen MR) is 77.1 cm³/mol. The minimum Gasteiger partial charge on any atom is -0.369 e. The van der Waals surface area contributed by atoms with E-state index >= 15 is 0 Å². The minimum atomic E-state index is -0.401. The van der Waals surface area contributed by atoms with Gasteiger partial charge in [-0.25, -0.2) is 4.39 Å². The summed E-state index contributed by atoms with van der Waals surface area (Å²) in [5.74, 6) is -1.11. The zero-order valence-corrected chi connectivity index (χ0v) is 12.1. The first-order chi connectivity index (χ1) is 10.2. The van der Waals surface area contributed by atoms with Gasteiger partial charge < -0.3 is 15.2 Å². The van der Waals surface area contributed by atoms with Gasteiger partial charge in [0.05, 0.1) is 5.92 Å². The molecule has 1 fully saturated rings. The van der Waals surface area contributed by atoms with Gasteiger partial charge in [-0.3, -0.25) is 4.79 Å². The average Bonchev–Trinajstić information content (AvgIpc) is 2.49. The number of carbonyl (C=O) groups is 1. The van der Waals surface area contributed by atoms with Crippen LogP contribution in [0, 0.1) is 5.82 Å². The second-order valence-electron chi connectivity index (χ2n) is 5.32. The molecule has 0 saturated carbocycles. The van der Waals surface area contributed by atoms with Gasteiger partial charge in [-0.05, 0) is 49.8 Å². The molecule has 1 amide bonds. The molecule has 0 spiro atoms. The van der Waals surface area contributed by atoms with Crippen LogP contribution in [0.25, 0.3) is 0 Å². The van der Waals surface area contributed by atoms with E-state index in [4.69, 9.17) is 15.2 Å². The van der Waals surface area contributed by atoms with Crippen molar-refractivity contribution in [2.45, 2.75) is 44.3 Å². The summed E-state index contributed by atoms with van der Waals surface area (Å²) in [6, 6.07) is 5.90. The highest BCUT2D eigenvalue weighted by Crippen LogP contribution is 2.22. The van der Waals surface area contributed by atoms with Crippen LogP contribution in [0.3, 0.4) is 0 Å². The fraction of sp³-hybridized carbons (Fsp3) is 0.562. The molecule has 5 heteroatoms. The highest BCUT2D eigenvalue weighted by Gasteiger charge is 2.18. The molecule has 116 valence electrons. The van der Waals surface area contributed by atoms with Gasteiger partial charge in [0, 0.05) is 13.2 Å². The quantitative estimate of drug-likeness (QED) is 0.787. The molecule has 0 bridgehead atoms. The van der Waals surface area contributed by atoms with Crippen molar-refractivity contribution in [1.82, 2.24) is 0 Å². The fourth-order valence-electron chi connectivity index (χ4n) is 2.51. The summed E-state index contributed by atoms with van der Waals surface area (Å²) in [5, 5.41) is 0. The van der Waals surface area contributed by atoms with Gasteiger partial charge in [0.25, 0.3) is 0 Å². The predicted octanol–water partition coefficient (Wildman–Crippen LogP) is 2.72. The van der Waals surface area contributed by atoms with Crippen LogP contribution in [0.1, 0.15) is 43.6 Å². The topological polar surface area (TPSA) is 61.6 Å². The molecule has 0 aliphatic carbocycles. The Hall–Kier alpha value is -1.46. The number of carbonyl (C=O) groups excluding carboxylic acids is 1. The van der Waals surface area contributed by atoms with Crippen molar-refractivity contribution < 1.29 is 18.7 Å². The standard InChI is InChI=1S/C16H22FNO3/c17-13-8-6-12(7-9-13)14(16(18)19)4-3-11-21-15-5-1-2-10-20-15/h6-9,14-15H,1-5,10-11H2,(H2,18,19). The highest BCUT2D eigenvalue weighted by atomic mass is 19.1. The zero-order chi connectivity index (χ0) is 15.1. The molecule has 1 aromatic carbocycles. The van der Waals surface area contributed by atoms with E-state index in [1.54, 1.807) is 12.1 Å². The molecule has 4 nitrogen and oxygen atoms in total. The Morgan fingerprint density at radius 2 is 2.14 bits per heavy atom. The molecular formula is C16H22FNO3. The third-order valence-electron chi connectivity index (χ3n) is 3.69. The van der Waals surface area contributed by atoms with Crippen molar-refractivity contribution in [3.63, 3.8) is 0 Å². The summed E-state index contributed by atoms with van der Waals surface area (Å²) in [6.07, 6.45) is 4.34. The number of nitrogens with two attached hydrogens (primary N) is 1. The molecule has 0 radical (unpaired) electrons. The van der Waals surface area contributed by atoms with Gasteiger partial charge >= 0.3 is 0 Å². The largest absolute Gasteiger partial charge is 0.369 e. The van der Waals surface area contributed by atoms with Crippen molar-refractivity contribution in [3.8, 4) is 0 Å². The van der Waals surface area contributed by atoms with E-state index in [1.807, 2.05) is 0 Å². The second-order valence-corrected chi connectivity index (χ2v) is 5.32. The van der Waals surface area contributed by atoms with Gasteiger partial charge in [0.2, 0.25) is 5.91 Å². The molecule has 1 heterocycles. The van der Waals surface area contributed by atoms with Crippen LogP contribution >= 0.6 is 0 Å². The van der Waals surface area contributed by atoms with Crippen molar-refractivity contribution in [2.75, 3.05) is 13.2 Å². The third-order valence-corrected chi connectivity index (χ3v) is 3.69. The number of rotatable bonds is 7. The summed E-state index contributed by atoms with van der Waals surface area (Å²) in [5.41, 5.74) is 6.18. The van der Waals surface area contributed by atoms with Crippen LogP contribution in [-0.2, 0) is 14.3 Å². The Morgan fingerprint density at radius 3 is 2.76 bits per heavy atom. The van der Waals surface area contributed by atoms with Crippen molar-refractivity contribution >= 4 is 5.91 Å². The number of primary amides is 1. The van der Waals surface area contributed by atoms with Crippen LogP contribution < -0.4 is 5.73 Å².